The summed E-state index contributed by atoms with van der Waals surface area (Å²) in [6.07, 6.45) is 0.795. The highest BCUT2D eigenvalue weighted by Gasteiger charge is 2.42. The second-order valence-electron chi connectivity index (χ2n) is 5.70. The molecule has 0 radical (unpaired) electrons. The van der Waals surface area contributed by atoms with E-state index in [0.717, 1.165) is 12.1 Å². The van der Waals surface area contributed by atoms with Crippen LogP contribution in [0.5, 0.6) is 0 Å². The van der Waals surface area contributed by atoms with Crippen LogP contribution in [-0.2, 0) is 16.6 Å². The molecule has 2 rings (SSSR count). The van der Waals surface area contributed by atoms with Crippen molar-refractivity contribution in [2.45, 2.75) is 46.0 Å². The molecule has 102 valence electrons. The Kier molecular flexibility index (Phi) is 3.48. The molecule has 0 fully saturated rings. The van der Waals surface area contributed by atoms with Gasteiger partial charge in [0.15, 0.2) is 5.71 Å². The standard InChI is InChI=1S/C16H21NO2/c1-5-17-11(2)16(3,4)13-10-12(6-8-14(13)17)7-9-15(18)19/h6,8,10H,5,7,9H2,1-4H3/p+1. The number of aliphatic carboxylic acids is 1. The van der Waals surface area contributed by atoms with E-state index >= 15 is 0 Å². The summed E-state index contributed by atoms with van der Waals surface area (Å²) in [5.74, 6) is -0.738. The Balaban J connectivity index is 2.39. The first kappa shape index (κ1) is 13.8. The van der Waals surface area contributed by atoms with E-state index in [1.807, 2.05) is 0 Å². The molecule has 1 aliphatic rings. The van der Waals surface area contributed by atoms with Crippen molar-refractivity contribution in [1.29, 1.82) is 0 Å². The Bertz CT molecular complexity index is 556. The third-order valence-electron chi connectivity index (χ3n) is 4.28. The fraction of sp³-hybridized carbons (Fsp3) is 0.500. The van der Waals surface area contributed by atoms with Crippen molar-refractivity contribution >= 4 is 17.4 Å². The van der Waals surface area contributed by atoms with Crippen molar-refractivity contribution in [1.82, 2.24) is 0 Å². The van der Waals surface area contributed by atoms with Crippen LogP contribution in [-0.4, -0.2) is 27.9 Å². The summed E-state index contributed by atoms with van der Waals surface area (Å²) in [7, 11) is 0. The third-order valence-corrected chi connectivity index (χ3v) is 4.28. The minimum absolute atomic E-state index is 0.0323. The van der Waals surface area contributed by atoms with Crippen molar-refractivity contribution in [2.24, 2.45) is 0 Å². The van der Waals surface area contributed by atoms with Gasteiger partial charge in [-0.05, 0) is 38.8 Å². The van der Waals surface area contributed by atoms with E-state index in [4.69, 9.17) is 5.11 Å². The minimum Gasteiger partial charge on any atom is -0.481 e. The van der Waals surface area contributed by atoms with E-state index in [0.29, 0.717) is 6.42 Å². The number of benzene rings is 1. The van der Waals surface area contributed by atoms with E-state index in [1.54, 1.807) is 0 Å². The van der Waals surface area contributed by atoms with Gasteiger partial charge >= 0.3 is 5.97 Å². The van der Waals surface area contributed by atoms with E-state index in [9.17, 15) is 4.79 Å². The molecule has 3 nitrogen and oxygen atoms in total. The van der Waals surface area contributed by atoms with Crippen LogP contribution in [0.1, 0.15) is 45.2 Å². The fourth-order valence-corrected chi connectivity index (χ4v) is 2.85. The van der Waals surface area contributed by atoms with Gasteiger partial charge in [-0.15, -0.1) is 0 Å². The second kappa shape index (κ2) is 4.80. The predicted octanol–water partition coefficient (Wildman–Crippen LogP) is 3.12. The molecule has 0 amide bonds. The number of aryl methyl sites for hydroxylation is 1. The molecular weight excluding hydrogens is 238 g/mol. The fourth-order valence-electron chi connectivity index (χ4n) is 2.85. The first-order valence-electron chi connectivity index (χ1n) is 6.84. The summed E-state index contributed by atoms with van der Waals surface area (Å²) in [5, 5.41) is 8.78. The Morgan fingerprint density at radius 1 is 1.37 bits per heavy atom. The van der Waals surface area contributed by atoms with Crippen molar-refractivity contribution in [2.75, 3.05) is 6.54 Å². The highest BCUT2D eigenvalue weighted by Crippen LogP contribution is 2.39. The highest BCUT2D eigenvalue weighted by molar-refractivity contribution is 5.93. The van der Waals surface area contributed by atoms with Crippen molar-refractivity contribution < 1.29 is 14.5 Å². The lowest BCUT2D eigenvalue weighted by atomic mass is 9.81. The molecule has 0 atom stereocenters. The molecule has 0 spiro atoms. The van der Waals surface area contributed by atoms with Gasteiger partial charge in [0.2, 0.25) is 5.69 Å². The monoisotopic (exact) mass is 260 g/mol. The van der Waals surface area contributed by atoms with Gasteiger partial charge in [-0.2, -0.15) is 4.58 Å². The maximum absolute atomic E-state index is 10.7. The van der Waals surface area contributed by atoms with Gasteiger partial charge in [-0.1, -0.05) is 6.07 Å². The van der Waals surface area contributed by atoms with Crippen molar-refractivity contribution in [3.8, 4) is 0 Å². The number of carboxylic acids is 1. The smallest absolute Gasteiger partial charge is 0.303 e. The summed E-state index contributed by atoms with van der Waals surface area (Å²) in [4.78, 5) is 10.7. The van der Waals surface area contributed by atoms with Crippen LogP contribution in [0.4, 0.5) is 5.69 Å². The molecule has 0 bridgehead atoms. The van der Waals surface area contributed by atoms with E-state index in [2.05, 4.69) is 50.5 Å². The SMILES string of the molecule is CC[N+]1=C(C)C(C)(C)c2cc(CCC(=O)O)ccc21. The van der Waals surface area contributed by atoms with Crippen LogP contribution in [0.15, 0.2) is 18.2 Å². The maximum atomic E-state index is 10.7. The Morgan fingerprint density at radius 2 is 2.05 bits per heavy atom. The second-order valence-corrected chi connectivity index (χ2v) is 5.70. The number of carbonyl (C=O) groups is 1. The minimum atomic E-state index is -0.738. The largest absolute Gasteiger partial charge is 0.481 e. The van der Waals surface area contributed by atoms with Gasteiger partial charge in [-0.3, -0.25) is 4.79 Å². The zero-order valence-electron chi connectivity index (χ0n) is 12.2. The summed E-state index contributed by atoms with van der Waals surface area (Å²) in [5.41, 5.74) is 5.09. The highest BCUT2D eigenvalue weighted by atomic mass is 16.4. The molecule has 0 aliphatic carbocycles. The zero-order chi connectivity index (χ0) is 14.2. The lowest BCUT2D eigenvalue weighted by Crippen LogP contribution is -2.26. The first-order valence-corrected chi connectivity index (χ1v) is 6.84. The topological polar surface area (TPSA) is 40.3 Å². The normalized spacial score (nSPS) is 16.6. The summed E-state index contributed by atoms with van der Waals surface area (Å²) >= 11 is 0. The van der Waals surface area contributed by atoms with Crippen LogP contribution < -0.4 is 0 Å². The molecule has 0 saturated carbocycles. The number of hydrogen-bond donors (Lipinski definition) is 1. The molecule has 0 aromatic heterocycles. The van der Waals surface area contributed by atoms with Gasteiger partial charge < -0.3 is 5.11 Å². The van der Waals surface area contributed by atoms with E-state index < -0.39 is 5.97 Å². The number of rotatable bonds is 4. The van der Waals surface area contributed by atoms with Crippen LogP contribution in [0.2, 0.25) is 0 Å². The molecule has 19 heavy (non-hydrogen) atoms. The molecule has 1 aromatic carbocycles. The zero-order valence-corrected chi connectivity index (χ0v) is 12.2. The molecule has 0 saturated heterocycles. The molecule has 1 heterocycles. The molecule has 0 unspecified atom stereocenters. The van der Waals surface area contributed by atoms with Crippen LogP contribution in [0.3, 0.4) is 0 Å². The maximum Gasteiger partial charge on any atom is 0.303 e. The Labute approximate surface area is 114 Å². The van der Waals surface area contributed by atoms with Gasteiger partial charge in [0, 0.05) is 25.0 Å². The molecule has 1 aromatic rings. The summed E-state index contributed by atoms with van der Waals surface area (Å²) in [6, 6.07) is 6.37. The Hall–Kier alpha value is -1.64. The van der Waals surface area contributed by atoms with E-state index in [-0.39, 0.29) is 11.8 Å². The van der Waals surface area contributed by atoms with Gasteiger partial charge in [0.1, 0.15) is 6.54 Å². The summed E-state index contributed by atoms with van der Waals surface area (Å²) < 4.78 is 2.34. The molecule has 1 aliphatic heterocycles. The number of nitrogens with zero attached hydrogens (tertiary/aromatic N) is 1. The summed E-state index contributed by atoms with van der Waals surface area (Å²) in [6.45, 7) is 9.78. The quantitative estimate of drug-likeness (QED) is 0.845. The van der Waals surface area contributed by atoms with Crippen molar-refractivity contribution in [3.05, 3.63) is 29.3 Å². The molecular formula is C16H22NO2+. The number of fused-ring (bicyclic) bond motifs is 1. The molecule has 3 heteroatoms. The first-order chi connectivity index (χ1) is 8.87. The van der Waals surface area contributed by atoms with Crippen molar-refractivity contribution in [3.63, 3.8) is 0 Å². The Morgan fingerprint density at radius 3 is 2.63 bits per heavy atom. The predicted molar refractivity (Wildman–Crippen MR) is 76.6 cm³/mol. The van der Waals surface area contributed by atoms with Crippen LogP contribution in [0.25, 0.3) is 0 Å². The lowest BCUT2D eigenvalue weighted by molar-refractivity contribution is -0.434. The lowest BCUT2D eigenvalue weighted by Gasteiger charge is -2.15. The van der Waals surface area contributed by atoms with Crippen LogP contribution >= 0.6 is 0 Å². The average Bonchev–Trinajstić information content (AvgIpc) is 2.55. The average molecular weight is 260 g/mol. The third kappa shape index (κ3) is 2.29. The van der Waals surface area contributed by atoms with Gasteiger partial charge in [0.25, 0.3) is 0 Å². The molecule has 1 N–H and O–H groups in total. The van der Waals surface area contributed by atoms with E-state index in [1.165, 1.54) is 17.0 Å². The van der Waals surface area contributed by atoms with Crippen LogP contribution in [0, 0.1) is 0 Å². The van der Waals surface area contributed by atoms with Gasteiger partial charge in [-0.25, -0.2) is 0 Å². The van der Waals surface area contributed by atoms with Gasteiger partial charge in [0.05, 0.1) is 5.41 Å². The number of carboxylic acid groups (broad SMARTS) is 1. The number of hydrogen-bond acceptors (Lipinski definition) is 1.